The Labute approximate surface area is 197 Å². The molecule has 0 radical (unpaired) electrons. The van der Waals surface area contributed by atoms with Crippen molar-refractivity contribution in [3.8, 4) is 5.75 Å². The van der Waals surface area contributed by atoms with Crippen molar-refractivity contribution in [3.63, 3.8) is 0 Å². The number of benzene rings is 2. The molecule has 0 unspecified atom stereocenters. The fourth-order valence-electron chi connectivity index (χ4n) is 4.71. The lowest BCUT2D eigenvalue weighted by molar-refractivity contribution is -0.144. The molecular weight excluding hydrogens is 416 g/mol. The van der Waals surface area contributed by atoms with E-state index in [1.807, 2.05) is 56.3 Å². The van der Waals surface area contributed by atoms with Gasteiger partial charge in [0.15, 0.2) is 0 Å². The molecule has 6 heteroatoms. The van der Waals surface area contributed by atoms with E-state index in [4.69, 9.17) is 9.47 Å². The molecule has 0 saturated carbocycles. The first kappa shape index (κ1) is 24.8. The van der Waals surface area contributed by atoms with Gasteiger partial charge in [-0.2, -0.15) is 0 Å². The molecule has 2 aromatic rings. The maximum absolute atomic E-state index is 12.8. The Hall–Kier alpha value is -2.86. The summed E-state index contributed by atoms with van der Waals surface area (Å²) in [7, 11) is 1.64. The number of amides is 1. The number of likely N-dealkylation sites (tertiary alicyclic amines) is 1. The summed E-state index contributed by atoms with van der Waals surface area (Å²) in [6.45, 7) is 6.32. The summed E-state index contributed by atoms with van der Waals surface area (Å²) in [6.07, 6.45) is 2.30. The summed E-state index contributed by atoms with van der Waals surface area (Å²) in [4.78, 5) is 27.3. The van der Waals surface area contributed by atoms with Crippen molar-refractivity contribution in [3.05, 3.63) is 65.7 Å². The normalized spacial score (nSPS) is 16.6. The van der Waals surface area contributed by atoms with Gasteiger partial charge < -0.3 is 14.8 Å². The molecule has 1 N–H and O–H groups in total. The van der Waals surface area contributed by atoms with Crippen LogP contribution in [-0.2, 0) is 20.9 Å². The minimum Gasteiger partial charge on any atom is -0.496 e. The number of methoxy groups -OCH3 is 1. The van der Waals surface area contributed by atoms with Gasteiger partial charge in [0.1, 0.15) is 5.75 Å². The first-order chi connectivity index (χ1) is 16.0. The number of carbonyl (C=O) groups excluding carboxylic acids is 2. The molecule has 1 aliphatic rings. The Balaban J connectivity index is 1.56. The third-order valence-electron chi connectivity index (χ3n) is 6.64. The van der Waals surface area contributed by atoms with Gasteiger partial charge >= 0.3 is 5.97 Å². The molecule has 1 aliphatic heterocycles. The highest BCUT2D eigenvalue weighted by molar-refractivity contribution is 5.81. The topological polar surface area (TPSA) is 67.9 Å². The van der Waals surface area contributed by atoms with E-state index < -0.39 is 0 Å². The molecule has 6 nitrogen and oxygen atoms in total. The number of piperidine rings is 1. The van der Waals surface area contributed by atoms with Crippen LogP contribution in [0.3, 0.4) is 0 Å². The molecule has 0 aliphatic carbocycles. The lowest BCUT2D eigenvalue weighted by atomic mass is 9.78. The van der Waals surface area contributed by atoms with E-state index in [1.165, 1.54) is 5.56 Å². The summed E-state index contributed by atoms with van der Waals surface area (Å²) >= 11 is 0. The largest absolute Gasteiger partial charge is 0.496 e. The number of hydrogen-bond donors (Lipinski definition) is 1. The molecule has 33 heavy (non-hydrogen) atoms. The highest BCUT2D eigenvalue weighted by Gasteiger charge is 2.32. The van der Waals surface area contributed by atoms with Crippen LogP contribution in [0.1, 0.15) is 50.2 Å². The fourth-order valence-corrected chi connectivity index (χ4v) is 4.71. The van der Waals surface area contributed by atoms with Crippen molar-refractivity contribution in [2.75, 3.05) is 26.8 Å². The summed E-state index contributed by atoms with van der Waals surface area (Å²) in [5.74, 6) is 1.18. The Morgan fingerprint density at radius 3 is 2.39 bits per heavy atom. The Morgan fingerprint density at radius 2 is 1.73 bits per heavy atom. The lowest BCUT2D eigenvalue weighted by Crippen LogP contribution is -2.48. The predicted octanol–water partition coefficient (Wildman–Crippen LogP) is 4.15. The SMILES string of the molecule is CCOC(=O)C[C@@H](c1ccccc1)C1CCN([C@H](C)C(=O)NCc2ccccc2OC)CC1. The van der Waals surface area contributed by atoms with Crippen molar-refractivity contribution in [1.82, 2.24) is 10.2 Å². The zero-order chi connectivity index (χ0) is 23.6. The van der Waals surface area contributed by atoms with E-state index in [1.54, 1.807) is 7.11 Å². The van der Waals surface area contributed by atoms with E-state index in [0.29, 0.717) is 25.5 Å². The molecule has 3 rings (SSSR count). The number of nitrogens with zero attached hydrogens (tertiary/aromatic N) is 1. The van der Waals surface area contributed by atoms with Gasteiger partial charge in [0, 0.05) is 12.1 Å². The van der Waals surface area contributed by atoms with Crippen LogP contribution in [0.15, 0.2) is 54.6 Å². The van der Waals surface area contributed by atoms with Crippen molar-refractivity contribution >= 4 is 11.9 Å². The van der Waals surface area contributed by atoms with Gasteiger partial charge in [0.25, 0.3) is 0 Å². The molecule has 1 fully saturated rings. The summed E-state index contributed by atoms with van der Waals surface area (Å²) in [6, 6.07) is 17.8. The second-order valence-corrected chi connectivity index (χ2v) is 8.61. The van der Waals surface area contributed by atoms with E-state index in [-0.39, 0.29) is 23.8 Å². The number of hydrogen-bond acceptors (Lipinski definition) is 5. The van der Waals surface area contributed by atoms with Crippen LogP contribution >= 0.6 is 0 Å². The van der Waals surface area contributed by atoms with E-state index in [2.05, 4.69) is 22.3 Å². The highest BCUT2D eigenvalue weighted by Crippen LogP contribution is 2.36. The number of ether oxygens (including phenoxy) is 2. The number of para-hydroxylation sites is 1. The van der Waals surface area contributed by atoms with E-state index >= 15 is 0 Å². The van der Waals surface area contributed by atoms with Crippen LogP contribution in [0.5, 0.6) is 5.75 Å². The van der Waals surface area contributed by atoms with Crippen LogP contribution in [0.4, 0.5) is 0 Å². The second kappa shape index (κ2) is 12.4. The molecule has 1 amide bonds. The van der Waals surface area contributed by atoms with Crippen molar-refractivity contribution in [2.45, 2.75) is 51.6 Å². The molecule has 178 valence electrons. The maximum atomic E-state index is 12.8. The number of carbonyl (C=O) groups is 2. The molecule has 1 heterocycles. The number of nitrogens with one attached hydrogen (secondary N) is 1. The van der Waals surface area contributed by atoms with E-state index in [9.17, 15) is 9.59 Å². The Bertz CT molecular complexity index is 894. The first-order valence-electron chi connectivity index (χ1n) is 11.9. The van der Waals surface area contributed by atoms with Crippen LogP contribution in [0.2, 0.25) is 0 Å². The summed E-state index contributed by atoms with van der Waals surface area (Å²) < 4.78 is 10.6. The molecular formula is C27H36N2O4. The molecule has 0 aromatic heterocycles. The quantitative estimate of drug-likeness (QED) is 0.549. The third kappa shape index (κ3) is 6.81. The smallest absolute Gasteiger partial charge is 0.306 e. The average Bonchev–Trinajstić information content (AvgIpc) is 2.86. The standard InChI is InChI=1S/C27H36N2O4/c1-4-33-26(30)18-24(21-10-6-5-7-11-21)22-14-16-29(17-15-22)20(2)27(31)28-19-23-12-8-9-13-25(23)32-3/h5-13,20,22,24H,4,14-19H2,1-3H3,(H,28,31)/t20-,24+/m1/s1. The number of esters is 1. The molecule has 2 aromatic carbocycles. The minimum atomic E-state index is -0.208. The minimum absolute atomic E-state index is 0.0190. The van der Waals surface area contributed by atoms with Gasteiger partial charge in [-0.05, 0) is 63.2 Å². The van der Waals surface area contributed by atoms with Crippen LogP contribution < -0.4 is 10.1 Å². The van der Waals surface area contributed by atoms with Crippen LogP contribution in [-0.4, -0.2) is 49.6 Å². The molecule has 0 spiro atoms. The zero-order valence-corrected chi connectivity index (χ0v) is 20.0. The van der Waals surface area contributed by atoms with Gasteiger partial charge in [-0.1, -0.05) is 48.5 Å². The van der Waals surface area contributed by atoms with Crippen LogP contribution in [0.25, 0.3) is 0 Å². The highest BCUT2D eigenvalue weighted by atomic mass is 16.5. The van der Waals surface area contributed by atoms with Crippen molar-refractivity contribution in [1.29, 1.82) is 0 Å². The molecule has 0 bridgehead atoms. The van der Waals surface area contributed by atoms with Crippen molar-refractivity contribution in [2.24, 2.45) is 5.92 Å². The zero-order valence-electron chi connectivity index (χ0n) is 20.0. The fraction of sp³-hybridized carbons (Fsp3) is 0.481. The van der Waals surface area contributed by atoms with Gasteiger partial charge in [0.2, 0.25) is 5.91 Å². The lowest BCUT2D eigenvalue weighted by Gasteiger charge is -2.38. The Kier molecular flexibility index (Phi) is 9.31. The summed E-state index contributed by atoms with van der Waals surface area (Å²) in [5.41, 5.74) is 2.15. The predicted molar refractivity (Wildman–Crippen MR) is 129 cm³/mol. The summed E-state index contributed by atoms with van der Waals surface area (Å²) in [5, 5.41) is 3.05. The first-order valence-corrected chi connectivity index (χ1v) is 11.9. The van der Waals surface area contributed by atoms with Gasteiger partial charge in [-0.3, -0.25) is 14.5 Å². The van der Waals surface area contributed by atoms with Gasteiger partial charge in [-0.15, -0.1) is 0 Å². The number of rotatable bonds is 10. The van der Waals surface area contributed by atoms with Gasteiger partial charge in [-0.25, -0.2) is 0 Å². The third-order valence-corrected chi connectivity index (χ3v) is 6.64. The average molecular weight is 453 g/mol. The van der Waals surface area contributed by atoms with Crippen molar-refractivity contribution < 1.29 is 19.1 Å². The molecule has 1 saturated heterocycles. The maximum Gasteiger partial charge on any atom is 0.306 e. The monoisotopic (exact) mass is 452 g/mol. The van der Waals surface area contributed by atoms with Crippen LogP contribution in [0, 0.1) is 5.92 Å². The van der Waals surface area contributed by atoms with E-state index in [0.717, 1.165) is 37.2 Å². The van der Waals surface area contributed by atoms with Gasteiger partial charge in [0.05, 0.1) is 26.2 Å². The second-order valence-electron chi connectivity index (χ2n) is 8.61. The molecule has 2 atom stereocenters. The Morgan fingerprint density at radius 1 is 1.06 bits per heavy atom.